The Bertz CT molecular complexity index is 799. The number of rotatable bonds is 5. The quantitative estimate of drug-likeness (QED) is 0.714. The highest BCUT2D eigenvalue weighted by molar-refractivity contribution is 5.55. The number of nitrogens with zero attached hydrogens (tertiary/aromatic N) is 5. The number of likely N-dealkylation sites (tertiary alicyclic amines) is 1. The summed E-state index contributed by atoms with van der Waals surface area (Å²) in [4.78, 5) is 10.7. The molecule has 1 aliphatic heterocycles. The summed E-state index contributed by atoms with van der Waals surface area (Å²) in [7, 11) is 0. The summed E-state index contributed by atoms with van der Waals surface area (Å²) < 4.78 is 20.8. The van der Waals surface area contributed by atoms with Gasteiger partial charge in [0.2, 0.25) is 5.89 Å². The van der Waals surface area contributed by atoms with E-state index in [1.54, 1.807) is 31.0 Å². The molecule has 1 aliphatic rings. The van der Waals surface area contributed by atoms with E-state index < -0.39 is 0 Å². The van der Waals surface area contributed by atoms with E-state index in [-0.39, 0.29) is 5.82 Å². The molecule has 0 aliphatic carbocycles. The monoisotopic (exact) mass is 341 g/mol. The summed E-state index contributed by atoms with van der Waals surface area (Å²) in [6.07, 6.45) is 7.40. The van der Waals surface area contributed by atoms with Crippen molar-refractivity contribution in [3.05, 3.63) is 54.8 Å². The van der Waals surface area contributed by atoms with E-state index in [9.17, 15) is 4.39 Å². The molecule has 0 amide bonds. The second-order valence-electron chi connectivity index (χ2n) is 6.49. The Morgan fingerprint density at radius 2 is 2.12 bits per heavy atom. The minimum Gasteiger partial charge on any atom is -0.439 e. The van der Waals surface area contributed by atoms with Gasteiger partial charge in [0, 0.05) is 18.7 Å². The fourth-order valence-electron chi connectivity index (χ4n) is 3.36. The highest BCUT2D eigenvalue weighted by Gasteiger charge is 2.22. The van der Waals surface area contributed by atoms with Crippen molar-refractivity contribution in [3.63, 3.8) is 0 Å². The Balaban J connectivity index is 1.37. The molecule has 0 N–H and O–H groups in total. The molecule has 0 spiro atoms. The van der Waals surface area contributed by atoms with Gasteiger partial charge in [0.15, 0.2) is 5.76 Å². The average molecular weight is 341 g/mol. The van der Waals surface area contributed by atoms with E-state index >= 15 is 0 Å². The maximum atomic E-state index is 13.0. The lowest BCUT2D eigenvalue weighted by Gasteiger charge is -2.31. The van der Waals surface area contributed by atoms with Crippen molar-refractivity contribution < 1.29 is 8.81 Å². The van der Waals surface area contributed by atoms with Crippen molar-refractivity contribution in [2.24, 2.45) is 5.92 Å². The van der Waals surface area contributed by atoms with Gasteiger partial charge < -0.3 is 4.42 Å². The molecule has 0 bridgehead atoms. The summed E-state index contributed by atoms with van der Waals surface area (Å²) in [6.45, 7) is 3.62. The molecule has 1 fully saturated rings. The normalized spacial score (nSPS) is 18.5. The van der Waals surface area contributed by atoms with Crippen molar-refractivity contribution >= 4 is 0 Å². The number of benzene rings is 1. The first kappa shape index (κ1) is 16.0. The van der Waals surface area contributed by atoms with Crippen LogP contribution < -0.4 is 0 Å². The summed E-state index contributed by atoms with van der Waals surface area (Å²) in [5, 5.41) is 4.19. The lowest BCUT2D eigenvalue weighted by Crippen LogP contribution is -2.36. The van der Waals surface area contributed by atoms with Gasteiger partial charge >= 0.3 is 0 Å². The van der Waals surface area contributed by atoms with E-state index in [0.29, 0.717) is 24.1 Å². The molecule has 0 unspecified atom stereocenters. The molecule has 2 aromatic heterocycles. The molecule has 3 aromatic rings. The molecule has 4 rings (SSSR count). The zero-order chi connectivity index (χ0) is 17.1. The highest BCUT2D eigenvalue weighted by Crippen LogP contribution is 2.23. The number of hydrogen-bond donors (Lipinski definition) is 0. The number of hydrogen-bond acceptors (Lipinski definition) is 5. The van der Waals surface area contributed by atoms with Crippen LogP contribution in [0.1, 0.15) is 18.7 Å². The summed E-state index contributed by atoms with van der Waals surface area (Å²) >= 11 is 0. The standard InChI is InChI=1S/C18H20FN5O/c19-16-5-3-15(4-6-16)17-8-21-18(25-17)11-23-7-1-2-14(9-23)10-24-13-20-12-22-24/h3-6,8,12-14H,1-2,7,9-11H2/t14-/m0/s1. The molecule has 1 atom stereocenters. The molecule has 1 aromatic carbocycles. The molecule has 0 radical (unpaired) electrons. The Kier molecular flexibility index (Phi) is 4.56. The van der Waals surface area contributed by atoms with Crippen LogP contribution >= 0.6 is 0 Å². The molecule has 1 saturated heterocycles. The van der Waals surface area contributed by atoms with Gasteiger partial charge in [-0.2, -0.15) is 5.10 Å². The third kappa shape index (κ3) is 3.93. The number of halogens is 1. The predicted molar refractivity (Wildman–Crippen MR) is 89.9 cm³/mol. The number of aromatic nitrogens is 4. The van der Waals surface area contributed by atoms with Crippen LogP contribution in [0.2, 0.25) is 0 Å². The van der Waals surface area contributed by atoms with Crippen LogP contribution in [0.25, 0.3) is 11.3 Å². The van der Waals surface area contributed by atoms with Gasteiger partial charge in [-0.05, 0) is 49.6 Å². The van der Waals surface area contributed by atoms with Crippen LogP contribution in [0.4, 0.5) is 4.39 Å². The lowest BCUT2D eigenvalue weighted by molar-refractivity contribution is 0.142. The van der Waals surface area contributed by atoms with Crippen molar-refractivity contribution in [1.29, 1.82) is 0 Å². The Morgan fingerprint density at radius 3 is 2.92 bits per heavy atom. The number of oxazole rings is 1. The predicted octanol–water partition coefficient (Wildman–Crippen LogP) is 2.98. The van der Waals surface area contributed by atoms with Crippen molar-refractivity contribution in [2.75, 3.05) is 13.1 Å². The molecule has 3 heterocycles. The lowest BCUT2D eigenvalue weighted by atomic mass is 9.98. The second kappa shape index (κ2) is 7.14. The van der Waals surface area contributed by atoms with Crippen LogP contribution in [0, 0.1) is 11.7 Å². The fraction of sp³-hybridized carbons (Fsp3) is 0.389. The third-order valence-corrected chi connectivity index (χ3v) is 4.56. The van der Waals surface area contributed by atoms with Gasteiger partial charge in [0.1, 0.15) is 18.5 Å². The molecule has 7 heteroatoms. The van der Waals surface area contributed by atoms with E-state index in [4.69, 9.17) is 4.42 Å². The molecule has 25 heavy (non-hydrogen) atoms. The van der Waals surface area contributed by atoms with E-state index in [0.717, 1.165) is 31.6 Å². The van der Waals surface area contributed by atoms with Crippen LogP contribution in [0.5, 0.6) is 0 Å². The van der Waals surface area contributed by atoms with Gasteiger partial charge in [-0.1, -0.05) is 0 Å². The zero-order valence-corrected chi connectivity index (χ0v) is 13.9. The van der Waals surface area contributed by atoms with E-state index in [1.165, 1.54) is 18.6 Å². The van der Waals surface area contributed by atoms with E-state index in [1.807, 2.05) is 4.68 Å². The van der Waals surface area contributed by atoms with Gasteiger partial charge in [-0.3, -0.25) is 9.58 Å². The summed E-state index contributed by atoms with van der Waals surface area (Å²) in [5.41, 5.74) is 0.836. The Hall–Kier alpha value is -2.54. The van der Waals surface area contributed by atoms with Gasteiger partial charge in [0.25, 0.3) is 0 Å². The average Bonchev–Trinajstić information content (AvgIpc) is 3.28. The van der Waals surface area contributed by atoms with Crippen LogP contribution in [-0.4, -0.2) is 37.7 Å². The van der Waals surface area contributed by atoms with Crippen LogP contribution in [0.15, 0.2) is 47.5 Å². The topological polar surface area (TPSA) is 60.0 Å². The smallest absolute Gasteiger partial charge is 0.209 e. The van der Waals surface area contributed by atoms with Crippen molar-refractivity contribution in [1.82, 2.24) is 24.6 Å². The summed E-state index contributed by atoms with van der Waals surface area (Å²) in [6, 6.07) is 6.26. The molecular weight excluding hydrogens is 321 g/mol. The largest absolute Gasteiger partial charge is 0.439 e. The van der Waals surface area contributed by atoms with Crippen molar-refractivity contribution in [3.8, 4) is 11.3 Å². The first-order valence-electron chi connectivity index (χ1n) is 8.52. The Labute approximate surface area is 145 Å². The van der Waals surface area contributed by atoms with E-state index in [2.05, 4.69) is 20.0 Å². The summed E-state index contributed by atoms with van der Waals surface area (Å²) in [5.74, 6) is 1.67. The first-order chi connectivity index (χ1) is 12.3. The van der Waals surface area contributed by atoms with Gasteiger partial charge in [-0.25, -0.2) is 14.4 Å². The molecule has 6 nitrogen and oxygen atoms in total. The van der Waals surface area contributed by atoms with Crippen molar-refractivity contribution in [2.45, 2.75) is 25.9 Å². The second-order valence-corrected chi connectivity index (χ2v) is 6.49. The zero-order valence-electron chi connectivity index (χ0n) is 13.9. The number of piperidine rings is 1. The minimum atomic E-state index is -0.254. The Morgan fingerprint density at radius 1 is 1.24 bits per heavy atom. The van der Waals surface area contributed by atoms with Crippen LogP contribution in [-0.2, 0) is 13.1 Å². The first-order valence-corrected chi connectivity index (χ1v) is 8.52. The third-order valence-electron chi connectivity index (χ3n) is 4.56. The molecule has 130 valence electrons. The van der Waals surface area contributed by atoms with Gasteiger partial charge in [-0.15, -0.1) is 0 Å². The molecular formula is C18H20FN5O. The fourth-order valence-corrected chi connectivity index (χ4v) is 3.36. The minimum absolute atomic E-state index is 0.254. The maximum Gasteiger partial charge on any atom is 0.209 e. The van der Waals surface area contributed by atoms with Crippen LogP contribution in [0.3, 0.4) is 0 Å². The maximum absolute atomic E-state index is 13.0. The van der Waals surface area contributed by atoms with Gasteiger partial charge in [0.05, 0.1) is 12.7 Å². The SMILES string of the molecule is Fc1ccc(-c2cnc(CN3CCC[C@H](Cn4cncn4)C3)o2)cc1. The molecule has 0 saturated carbocycles. The highest BCUT2D eigenvalue weighted by atomic mass is 19.1.